The number of nitrogens with one attached hydrogen (secondary N) is 1. The maximum absolute atomic E-state index is 4.58. The zero-order valence-electron chi connectivity index (χ0n) is 11.8. The molecule has 2 aromatic rings. The summed E-state index contributed by atoms with van der Waals surface area (Å²) in [6.07, 6.45) is 4.08. The molecule has 0 aliphatic carbocycles. The average Bonchev–Trinajstić information content (AvgIpc) is 2.88. The van der Waals surface area contributed by atoms with E-state index in [1.165, 1.54) is 10.4 Å². The van der Waals surface area contributed by atoms with Crippen molar-refractivity contribution < 1.29 is 0 Å². The molecule has 0 radical (unpaired) electrons. The number of thiazole rings is 1. The van der Waals surface area contributed by atoms with E-state index in [1.54, 1.807) is 11.3 Å². The minimum atomic E-state index is 0.327. The Labute approximate surface area is 119 Å². The van der Waals surface area contributed by atoms with Gasteiger partial charge in [0.25, 0.3) is 0 Å². The van der Waals surface area contributed by atoms with Gasteiger partial charge in [0.2, 0.25) is 0 Å². The van der Waals surface area contributed by atoms with E-state index in [-0.39, 0.29) is 0 Å². The first-order chi connectivity index (χ1) is 9.20. The summed E-state index contributed by atoms with van der Waals surface area (Å²) in [7, 11) is 0. The first-order valence-corrected chi connectivity index (χ1v) is 7.63. The number of rotatable bonds is 6. The monoisotopic (exact) mass is 275 g/mol. The third-order valence-electron chi connectivity index (χ3n) is 3.17. The summed E-state index contributed by atoms with van der Waals surface area (Å²) in [5.74, 6) is 0. The molecule has 0 spiro atoms. The van der Waals surface area contributed by atoms with E-state index in [2.05, 4.69) is 41.3 Å². The van der Waals surface area contributed by atoms with Gasteiger partial charge in [0, 0.05) is 34.9 Å². The van der Waals surface area contributed by atoms with E-state index >= 15 is 0 Å². The lowest BCUT2D eigenvalue weighted by atomic mass is 10.0. The van der Waals surface area contributed by atoms with Gasteiger partial charge in [-0.2, -0.15) is 0 Å². The molecule has 3 nitrogen and oxygen atoms in total. The molecule has 0 fully saturated rings. The fourth-order valence-corrected chi connectivity index (χ4v) is 2.86. The van der Waals surface area contributed by atoms with Gasteiger partial charge in [-0.05, 0) is 38.4 Å². The Hall–Kier alpha value is -1.26. The molecule has 1 unspecified atom stereocenters. The Balaban J connectivity index is 2.20. The van der Waals surface area contributed by atoms with Crippen molar-refractivity contribution in [2.45, 2.75) is 39.7 Å². The van der Waals surface area contributed by atoms with E-state index in [4.69, 9.17) is 0 Å². The molecule has 102 valence electrons. The van der Waals surface area contributed by atoms with Crippen LogP contribution in [0.1, 0.15) is 41.2 Å². The number of nitrogens with zero attached hydrogens (tertiary/aromatic N) is 2. The molecule has 0 aliphatic rings. The van der Waals surface area contributed by atoms with Crippen LogP contribution in [0.4, 0.5) is 0 Å². The summed E-state index contributed by atoms with van der Waals surface area (Å²) in [5, 5.41) is 3.62. The van der Waals surface area contributed by atoms with Crippen molar-refractivity contribution in [1.29, 1.82) is 0 Å². The normalized spacial score (nSPS) is 12.6. The van der Waals surface area contributed by atoms with Crippen LogP contribution in [0.5, 0.6) is 0 Å². The second-order valence-corrected chi connectivity index (χ2v) is 5.78. The van der Waals surface area contributed by atoms with Gasteiger partial charge in [-0.1, -0.05) is 13.0 Å². The average molecular weight is 275 g/mol. The third kappa shape index (κ3) is 3.85. The van der Waals surface area contributed by atoms with Crippen molar-refractivity contribution in [3.05, 3.63) is 45.7 Å². The third-order valence-corrected chi connectivity index (χ3v) is 3.97. The minimum Gasteiger partial charge on any atom is -0.310 e. The molecule has 1 atom stereocenters. The van der Waals surface area contributed by atoms with E-state index < -0.39 is 0 Å². The van der Waals surface area contributed by atoms with Crippen LogP contribution in [0.3, 0.4) is 0 Å². The van der Waals surface area contributed by atoms with Crippen molar-refractivity contribution in [1.82, 2.24) is 15.3 Å². The van der Waals surface area contributed by atoms with Crippen LogP contribution >= 0.6 is 11.3 Å². The molecule has 0 bridgehead atoms. The smallest absolute Gasteiger partial charge is 0.0794 e. The number of hydrogen-bond acceptors (Lipinski definition) is 4. The Morgan fingerprint density at radius 1 is 1.32 bits per heavy atom. The highest BCUT2D eigenvalue weighted by Crippen LogP contribution is 2.22. The molecule has 0 aliphatic heterocycles. The molecule has 2 aromatic heterocycles. The zero-order chi connectivity index (χ0) is 13.7. The SMILES string of the molecule is CCCNC(Cc1cncs1)c1ccc(C)nc1C. The van der Waals surface area contributed by atoms with Gasteiger partial charge in [-0.25, -0.2) is 0 Å². The van der Waals surface area contributed by atoms with Crippen LogP contribution < -0.4 is 5.32 Å². The predicted octanol–water partition coefficient (Wildman–Crippen LogP) is 3.44. The first kappa shape index (κ1) is 14.2. The predicted molar refractivity (Wildman–Crippen MR) is 80.6 cm³/mol. The Kier molecular flexibility index (Phi) is 5.05. The van der Waals surface area contributed by atoms with Gasteiger partial charge in [0.15, 0.2) is 0 Å². The van der Waals surface area contributed by atoms with Gasteiger partial charge in [0.05, 0.1) is 5.51 Å². The van der Waals surface area contributed by atoms with Gasteiger partial charge in [-0.15, -0.1) is 11.3 Å². The van der Waals surface area contributed by atoms with Crippen LogP contribution in [0.15, 0.2) is 23.8 Å². The number of hydrogen-bond donors (Lipinski definition) is 1. The maximum Gasteiger partial charge on any atom is 0.0794 e. The molecule has 2 rings (SSSR count). The second kappa shape index (κ2) is 6.78. The Morgan fingerprint density at radius 2 is 2.16 bits per heavy atom. The molecular weight excluding hydrogens is 254 g/mol. The summed E-state index contributed by atoms with van der Waals surface area (Å²) >= 11 is 1.72. The van der Waals surface area contributed by atoms with Crippen molar-refractivity contribution >= 4 is 11.3 Å². The lowest BCUT2D eigenvalue weighted by Crippen LogP contribution is -2.25. The molecule has 19 heavy (non-hydrogen) atoms. The van der Waals surface area contributed by atoms with Crippen molar-refractivity contribution in [3.63, 3.8) is 0 Å². The fraction of sp³-hybridized carbons (Fsp3) is 0.467. The molecule has 4 heteroatoms. The summed E-state index contributed by atoms with van der Waals surface area (Å²) in [6, 6.07) is 4.62. The van der Waals surface area contributed by atoms with Gasteiger partial charge >= 0.3 is 0 Å². The highest BCUT2D eigenvalue weighted by atomic mass is 32.1. The molecular formula is C15H21N3S. The van der Waals surface area contributed by atoms with E-state index in [0.29, 0.717) is 6.04 Å². The van der Waals surface area contributed by atoms with E-state index in [0.717, 1.165) is 30.8 Å². The lowest BCUT2D eigenvalue weighted by Gasteiger charge is -2.20. The van der Waals surface area contributed by atoms with Crippen LogP contribution in [0.2, 0.25) is 0 Å². The van der Waals surface area contributed by atoms with Crippen molar-refractivity contribution in [3.8, 4) is 0 Å². The highest BCUT2D eigenvalue weighted by molar-refractivity contribution is 7.09. The van der Waals surface area contributed by atoms with Gasteiger partial charge < -0.3 is 5.32 Å². The first-order valence-electron chi connectivity index (χ1n) is 6.75. The maximum atomic E-state index is 4.58. The van der Waals surface area contributed by atoms with Gasteiger partial charge in [-0.3, -0.25) is 9.97 Å². The quantitative estimate of drug-likeness (QED) is 0.877. The van der Waals surface area contributed by atoms with E-state index in [1.807, 2.05) is 18.6 Å². The Morgan fingerprint density at radius 3 is 2.79 bits per heavy atom. The van der Waals surface area contributed by atoms with Crippen LogP contribution in [0, 0.1) is 13.8 Å². The highest BCUT2D eigenvalue weighted by Gasteiger charge is 2.15. The van der Waals surface area contributed by atoms with Crippen molar-refractivity contribution in [2.24, 2.45) is 0 Å². The summed E-state index contributed by atoms with van der Waals surface area (Å²) in [4.78, 5) is 10.1. The second-order valence-electron chi connectivity index (χ2n) is 4.81. The summed E-state index contributed by atoms with van der Waals surface area (Å²) in [6.45, 7) is 7.35. The molecule has 0 amide bonds. The van der Waals surface area contributed by atoms with Crippen molar-refractivity contribution in [2.75, 3.05) is 6.54 Å². The largest absolute Gasteiger partial charge is 0.310 e. The number of aromatic nitrogens is 2. The lowest BCUT2D eigenvalue weighted by molar-refractivity contribution is 0.527. The minimum absolute atomic E-state index is 0.327. The van der Waals surface area contributed by atoms with E-state index in [9.17, 15) is 0 Å². The number of pyridine rings is 1. The van der Waals surface area contributed by atoms with Crippen LogP contribution in [0.25, 0.3) is 0 Å². The zero-order valence-corrected chi connectivity index (χ0v) is 12.6. The molecule has 1 N–H and O–H groups in total. The standard InChI is InChI=1S/C15H21N3S/c1-4-7-17-15(8-13-9-16-10-19-13)14-6-5-11(2)18-12(14)3/h5-6,9-10,15,17H,4,7-8H2,1-3H3. The Bertz CT molecular complexity index is 508. The molecule has 0 aromatic carbocycles. The molecule has 0 saturated carbocycles. The van der Waals surface area contributed by atoms with Crippen LogP contribution in [-0.2, 0) is 6.42 Å². The number of aryl methyl sites for hydroxylation is 2. The molecule has 2 heterocycles. The summed E-state index contributed by atoms with van der Waals surface area (Å²) in [5.41, 5.74) is 5.39. The van der Waals surface area contributed by atoms with Gasteiger partial charge in [0.1, 0.15) is 0 Å². The summed E-state index contributed by atoms with van der Waals surface area (Å²) < 4.78 is 0. The molecule has 0 saturated heterocycles. The van der Waals surface area contributed by atoms with Crippen LogP contribution in [-0.4, -0.2) is 16.5 Å². The fourth-order valence-electron chi connectivity index (χ4n) is 2.22. The topological polar surface area (TPSA) is 37.8 Å².